The van der Waals surface area contributed by atoms with E-state index in [9.17, 15) is 5.11 Å². The lowest BCUT2D eigenvalue weighted by Crippen LogP contribution is -2.28. The number of hydrogen-bond donors (Lipinski definition) is 2. The third kappa shape index (κ3) is 2.73. The van der Waals surface area contributed by atoms with Gasteiger partial charge in [-0.1, -0.05) is 0 Å². The molecule has 1 aliphatic rings. The molecule has 0 saturated heterocycles. The van der Waals surface area contributed by atoms with Gasteiger partial charge in [-0.15, -0.1) is 0 Å². The maximum Gasteiger partial charge on any atom is 0.0716 e. The van der Waals surface area contributed by atoms with Crippen LogP contribution in [-0.4, -0.2) is 29.0 Å². The van der Waals surface area contributed by atoms with E-state index in [1.807, 2.05) is 20.8 Å². The Balaban J connectivity index is 2.38. The first-order chi connectivity index (χ1) is 5.38. The van der Waals surface area contributed by atoms with Crippen LogP contribution in [0.25, 0.3) is 0 Å². The molecule has 0 aromatic rings. The van der Waals surface area contributed by atoms with Gasteiger partial charge >= 0.3 is 0 Å². The van der Waals surface area contributed by atoms with Gasteiger partial charge in [0, 0.05) is 12.5 Å². The molecule has 0 aliphatic heterocycles. The van der Waals surface area contributed by atoms with E-state index in [0.717, 1.165) is 6.42 Å². The second-order valence-electron chi connectivity index (χ2n) is 4.55. The van der Waals surface area contributed by atoms with E-state index in [1.165, 1.54) is 0 Å². The first-order valence-corrected chi connectivity index (χ1v) is 4.50. The molecule has 1 saturated carbocycles. The van der Waals surface area contributed by atoms with Gasteiger partial charge in [-0.05, 0) is 27.2 Å². The summed E-state index contributed by atoms with van der Waals surface area (Å²) in [6.07, 6.45) is 1.21. The summed E-state index contributed by atoms with van der Waals surface area (Å²) in [6.45, 7) is 6.05. The van der Waals surface area contributed by atoms with E-state index in [-0.39, 0.29) is 23.9 Å². The van der Waals surface area contributed by atoms with Gasteiger partial charge in [0.05, 0.1) is 17.8 Å². The number of aliphatic hydroxyl groups is 1. The van der Waals surface area contributed by atoms with Crippen LogP contribution in [0.3, 0.4) is 0 Å². The fraction of sp³-hybridized carbons (Fsp3) is 1.00. The van der Waals surface area contributed by atoms with Gasteiger partial charge in [0.2, 0.25) is 0 Å². The van der Waals surface area contributed by atoms with Crippen molar-refractivity contribution < 1.29 is 9.84 Å². The van der Waals surface area contributed by atoms with E-state index in [4.69, 9.17) is 10.5 Å². The number of aliphatic hydroxyl groups excluding tert-OH is 1. The summed E-state index contributed by atoms with van der Waals surface area (Å²) >= 11 is 0. The Bertz CT molecular complexity index is 143. The van der Waals surface area contributed by atoms with Crippen LogP contribution in [0.4, 0.5) is 0 Å². The van der Waals surface area contributed by atoms with Crippen molar-refractivity contribution in [2.24, 2.45) is 5.73 Å². The van der Waals surface area contributed by atoms with E-state index >= 15 is 0 Å². The van der Waals surface area contributed by atoms with E-state index in [0.29, 0.717) is 6.42 Å². The van der Waals surface area contributed by atoms with E-state index < -0.39 is 0 Å². The highest BCUT2D eigenvalue weighted by Gasteiger charge is 2.33. The molecular weight excluding hydrogens is 154 g/mol. The maximum atomic E-state index is 9.36. The summed E-state index contributed by atoms with van der Waals surface area (Å²) in [4.78, 5) is 0. The monoisotopic (exact) mass is 173 g/mol. The van der Waals surface area contributed by atoms with Crippen molar-refractivity contribution in [2.45, 2.75) is 57.5 Å². The molecule has 72 valence electrons. The Kier molecular flexibility index (Phi) is 2.76. The van der Waals surface area contributed by atoms with Crippen molar-refractivity contribution in [1.82, 2.24) is 0 Å². The van der Waals surface area contributed by atoms with Crippen molar-refractivity contribution in [1.29, 1.82) is 0 Å². The summed E-state index contributed by atoms with van der Waals surface area (Å²) in [5.41, 5.74) is 5.53. The number of nitrogens with two attached hydrogens (primary N) is 1. The molecule has 3 atom stereocenters. The number of rotatable bonds is 1. The minimum atomic E-state index is -0.377. The lowest BCUT2D eigenvalue weighted by atomic mass is 10.1. The minimum absolute atomic E-state index is 0.0997. The van der Waals surface area contributed by atoms with E-state index in [1.54, 1.807) is 0 Å². The predicted molar refractivity (Wildman–Crippen MR) is 47.8 cm³/mol. The summed E-state index contributed by atoms with van der Waals surface area (Å²) in [5.74, 6) is 0. The summed E-state index contributed by atoms with van der Waals surface area (Å²) in [6, 6.07) is -0.0997. The fourth-order valence-electron chi connectivity index (χ4n) is 1.60. The van der Waals surface area contributed by atoms with Crippen LogP contribution in [0, 0.1) is 0 Å². The highest BCUT2D eigenvalue weighted by molar-refractivity contribution is 4.87. The van der Waals surface area contributed by atoms with Crippen LogP contribution in [-0.2, 0) is 4.74 Å². The summed E-state index contributed by atoms with van der Waals surface area (Å²) < 4.78 is 5.70. The minimum Gasteiger partial charge on any atom is -0.391 e. The third-order valence-electron chi connectivity index (χ3n) is 2.05. The summed E-state index contributed by atoms with van der Waals surface area (Å²) in [7, 11) is 0. The maximum absolute atomic E-state index is 9.36. The Hall–Kier alpha value is -0.120. The molecule has 0 spiro atoms. The SMILES string of the molecule is CC(C)(C)OC1CC(N)C(O)C1. The molecule has 0 radical (unpaired) electrons. The zero-order chi connectivity index (χ0) is 9.35. The predicted octanol–water partition coefficient (Wildman–Crippen LogP) is 0.652. The zero-order valence-corrected chi connectivity index (χ0v) is 8.08. The van der Waals surface area contributed by atoms with Gasteiger partial charge in [-0.3, -0.25) is 0 Å². The quantitative estimate of drug-likeness (QED) is 0.612. The van der Waals surface area contributed by atoms with Gasteiger partial charge in [0.15, 0.2) is 0 Å². The Morgan fingerprint density at radius 1 is 1.33 bits per heavy atom. The second-order valence-corrected chi connectivity index (χ2v) is 4.55. The molecule has 0 bridgehead atoms. The van der Waals surface area contributed by atoms with Crippen molar-refractivity contribution in [3.63, 3.8) is 0 Å². The molecular formula is C9H19NO2. The lowest BCUT2D eigenvalue weighted by Gasteiger charge is -2.24. The summed E-state index contributed by atoms with van der Waals surface area (Å²) in [5, 5.41) is 9.36. The molecule has 1 rings (SSSR count). The first kappa shape index (κ1) is 9.96. The average molecular weight is 173 g/mol. The van der Waals surface area contributed by atoms with Crippen molar-refractivity contribution in [3.05, 3.63) is 0 Å². The van der Waals surface area contributed by atoms with Crippen LogP contribution < -0.4 is 5.73 Å². The van der Waals surface area contributed by atoms with Crippen LogP contribution >= 0.6 is 0 Å². The van der Waals surface area contributed by atoms with Crippen LogP contribution in [0.1, 0.15) is 33.6 Å². The van der Waals surface area contributed by atoms with Crippen LogP contribution in [0.15, 0.2) is 0 Å². The standard InChI is InChI=1S/C9H19NO2/c1-9(2,3)12-6-4-7(10)8(11)5-6/h6-8,11H,4-5,10H2,1-3H3. The van der Waals surface area contributed by atoms with Gasteiger partial charge in [0.25, 0.3) is 0 Å². The highest BCUT2D eigenvalue weighted by Crippen LogP contribution is 2.25. The Labute approximate surface area is 73.9 Å². The van der Waals surface area contributed by atoms with E-state index in [2.05, 4.69) is 0 Å². The molecule has 0 aromatic carbocycles. The van der Waals surface area contributed by atoms with Crippen molar-refractivity contribution in [3.8, 4) is 0 Å². The molecule has 3 unspecified atom stereocenters. The Morgan fingerprint density at radius 2 is 1.92 bits per heavy atom. The second kappa shape index (κ2) is 3.32. The van der Waals surface area contributed by atoms with Crippen LogP contribution in [0.2, 0.25) is 0 Å². The molecule has 3 N–H and O–H groups in total. The molecule has 3 heteroatoms. The first-order valence-electron chi connectivity index (χ1n) is 4.50. The molecule has 0 heterocycles. The normalized spacial score (nSPS) is 37.2. The molecule has 0 aromatic heterocycles. The van der Waals surface area contributed by atoms with Gasteiger partial charge in [-0.25, -0.2) is 0 Å². The molecule has 0 amide bonds. The number of hydrogen-bond acceptors (Lipinski definition) is 3. The van der Waals surface area contributed by atoms with Crippen LogP contribution in [0.5, 0.6) is 0 Å². The van der Waals surface area contributed by atoms with Gasteiger partial charge < -0.3 is 15.6 Å². The Morgan fingerprint density at radius 3 is 2.25 bits per heavy atom. The molecule has 3 nitrogen and oxygen atoms in total. The van der Waals surface area contributed by atoms with Crippen molar-refractivity contribution >= 4 is 0 Å². The molecule has 1 aliphatic carbocycles. The topological polar surface area (TPSA) is 55.5 Å². The van der Waals surface area contributed by atoms with Gasteiger partial charge in [-0.2, -0.15) is 0 Å². The molecule has 1 fully saturated rings. The van der Waals surface area contributed by atoms with Crippen molar-refractivity contribution in [2.75, 3.05) is 0 Å². The zero-order valence-electron chi connectivity index (χ0n) is 8.08. The largest absolute Gasteiger partial charge is 0.391 e. The average Bonchev–Trinajstić information content (AvgIpc) is 2.07. The van der Waals surface area contributed by atoms with Gasteiger partial charge in [0.1, 0.15) is 0 Å². The third-order valence-corrected chi connectivity index (χ3v) is 2.05. The smallest absolute Gasteiger partial charge is 0.0716 e. The lowest BCUT2D eigenvalue weighted by molar-refractivity contribution is -0.0598. The highest BCUT2D eigenvalue weighted by atomic mass is 16.5. The fourth-order valence-corrected chi connectivity index (χ4v) is 1.60. The number of ether oxygens (including phenoxy) is 1. The molecule has 12 heavy (non-hydrogen) atoms.